The average molecular weight is 220 g/mol. The molecule has 0 atom stereocenters. The zero-order valence-corrected chi connectivity index (χ0v) is 10.3. The van der Waals surface area contributed by atoms with Gasteiger partial charge in [0.15, 0.2) is 0 Å². The van der Waals surface area contributed by atoms with E-state index in [4.69, 9.17) is 4.74 Å². The van der Waals surface area contributed by atoms with Crippen molar-refractivity contribution < 1.29 is 9.53 Å². The van der Waals surface area contributed by atoms with Crippen LogP contribution < -0.4 is 4.74 Å². The molecule has 0 heterocycles. The lowest BCUT2D eigenvalue weighted by Gasteiger charge is -2.13. The molecule has 0 aliphatic heterocycles. The van der Waals surface area contributed by atoms with E-state index < -0.39 is 0 Å². The van der Waals surface area contributed by atoms with E-state index in [2.05, 4.69) is 19.9 Å². The molecule has 0 amide bonds. The van der Waals surface area contributed by atoms with Gasteiger partial charge in [-0.05, 0) is 30.9 Å². The summed E-state index contributed by atoms with van der Waals surface area (Å²) in [5.74, 6) is 1.63. The summed E-state index contributed by atoms with van der Waals surface area (Å²) in [6.07, 6.45) is 1.39. The maximum Gasteiger partial charge on any atom is 0.129 e. The number of carbonyl (C=O) groups excluding carboxylic acids is 1. The van der Waals surface area contributed by atoms with E-state index in [-0.39, 0.29) is 5.78 Å². The van der Waals surface area contributed by atoms with Gasteiger partial charge in [0.25, 0.3) is 0 Å². The molecule has 1 rings (SSSR count). The molecule has 16 heavy (non-hydrogen) atoms. The lowest BCUT2D eigenvalue weighted by atomic mass is 10.0. The van der Waals surface area contributed by atoms with E-state index in [0.717, 1.165) is 12.2 Å². The molecule has 0 aliphatic carbocycles. The largest absolute Gasteiger partial charge is 0.493 e. The highest BCUT2D eigenvalue weighted by atomic mass is 16.5. The van der Waals surface area contributed by atoms with Gasteiger partial charge in [-0.25, -0.2) is 0 Å². The van der Waals surface area contributed by atoms with Crippen LogP contribution >= 0.6 is 0 Å². The Morgan fingerprint density at radius 2 is 2.00 bits per heavy atom. The molecule has 1 aromatic carbocycles. The number of ketones is 1. The lowest BCUT2D eigenvalue weighted by Crippen LogP contribution is -2.03. The molecule has 0 saturated heterocycles. The molecule has 2 nitrogen and oxygen atoms in total. The Bertz CT molecular complexity index is 342. The van der Waals surface area contributed by atoms with Gasteiger partial charge >= 0.3 is 0 Å². The summed E-state index contributed by atoms with van der Waals surface area (Å²) in [4.78, 5) is 10.8. The number of carbonyl (C=O) groups is 1. The third-order valence-electron chi connectivity index (χ3n) is 2.47. The first kappa shape index (κ1) is 12.8. The highest BCUT2D eigenvalue weighted by molar-refractivity contribution is 5.75. The number of hydrogen-bond donors (Lipinski definition) is 0. The maximum absolute atomic E-state index is 10.8. The van der Waals surface area contributed by atoms with Gasteiger partial charge in [-0.15, -0.1) is 0 Å². The van der Waals surface area contributed by atoms with Gasteiger partial charge in [-0.2, -0.15) is 0 Å². The normalized spacial score (nSPS) is 10.5. The first-order valence-electron chi connectivity index (χ1n) is 5.82. The molecule has 0 radical (unpaired) electrons. The Balaban J connectivity index is 2.50. The number of benzene rings is 1. The fraction of sp³-hybridized carbons (Fsp3) is 0.500. The van der Waals surface area contributed by atoms with E-state index in [1.165, 1.54) is 5.56 Å². The summed E-state index contributed by atoms with van der Waals surface area (Å²) in [6.45, 7) is 6.53. The Labute approximate surface area is 97.6 Å². The van der Waals surface area contributed by atoms with Gasteiger partial charge in [-0.3, -0.25) is 0 Å². The average Bonchev–Trinajstić information content (AvgIpc) is 2.24. The van der Waals surface area contributed by atoms with Crippen molar-refractivity contribution in [2.24, 2.45) is 0 Å². The molecule has 2 heteroatoms. The number of rotatable bonds is 6. The second-order valence-corrected chi connectivity index (χ2v) is 4.35. The first-order chi connectivity index (χ1) is 7.61. The van der Waals surface area contributed by atoms with E-state index in [1.807, 2.05) is 18.2 Å². The second-order valence-electron chi connectivity index (χ2n) is 4.35. The Hall–Kier alpha value is -1.31. The van der Waals surface area contributed by atoms with Crippen molar-refractivity contribution in [2.75, 3.05) is 6.61 Å². The first-order valence-corrected chi connectivity index (χ1v) is 5.82. The molecule has 0 spiro atoms. The highest BCUT2D eigenvalue weighted by Crippen LogP contribution is 2.25. The second kappa shape index (κ2) is 6.31. The number of para-hydroxylation sites is 1. The van der Waals surface area contributed by atoms with Crippen LogP contribution in [0.15, 0.2) is 24.3 Å². The number of ether oxygens (including phenoxy) is 1. The molecule has 0 saturated carbocycles. The van der Waals surface area contributed by atoms with Crippen LogP contribution in [-0.4, -0.2) is 12.4 Å². The van der Waals surface area contributed by atoms with E-state index >= 15 is 0 Å². The number of Topliss-reactive ketones (excluding diaryl/α,β-unsaturated/α-hetero) is 1. The maximum atomic E-state index is 10.8. The standard InChI is InChI=1S/C14H20O2/c1-11(2)13-8-4-5-9-14(13)16-10-6-7-12(3)15/h4-5,8-9,11H,6-7,10H2,1-3H3. The summed E-state index contributed by atoms with van der Waals surface area (Å²) < 4.78 is 5.70. The molecule has 0 N–H and O–H groups in total. The summed E-state index contributed by atoms with van der Waals surface area (Å²) in [5, 5.41) is 0. The van der Waals surface area contributed by atoms with Crippen molar-refractivity contribution >= 4 is 5.78 Å². The Morgan fingerprint density at radius 3 is 2.62 bits per heavy atom. The topological polar surface area (TPSA) is 26.3 Å². The van der Waals surface area contributed by atoms with Crippen molar-refractivity contribution in [2.45, 2.75) is 39.5 Å². The molecule has 0 aromatic heterocycles. The van der Waals surface area contributed by atoms with Gasteiger partial charge in [-0.1, -0.05) is 32.0 Å². The third kappa shape index (κ3) is 4.05. The molecular weight excluding hydrogens is 200 g/mol. The van der Waals surface area contributed by atoms with Crippen LogP contribution in [0.3, 0.4) is 0 Å². The van der Waals surface area contributed by atoms with E-state index in [9.17, 15) is 4.79 Å². The van der Waals surface area contributed by atoms with Gasteiger partial charge in [0, 0.05) is 6.42 Å². The predicted molar refractivity (Wildman–Crippen MR) is 65.9 cm³/mol. The van der Waals surface area contributed by atoms with Gasteiger partial charge < -0.3 is 9.53 Å². The van der Waals surface area contributed by atoms with Crippen LogP contribution in [0.5, 0.6) is 5.75 Å². The Morgan fingerprint density at radius 1 is 1.31 bits per heavy atom. The van der Waals surface area contributed by atoms with Crippen LogP contribution in [0, 0.1) is 0 Å². The number of hydrogen-bond acceptors (Lipinski definition) is 2. The monoisotopic (exact) mass is 220 g/mol. The van der Waals surface area contributed by atoms with E-state index in [0.29, 0.717) is 18.9 Å². The SMILES string of the molecule is CC(=O)CCCOc1ccccc1C(C)C. The fourth-order valence-electron chi connectivity index (χ4n) is 1.59. The summed E-state index contributed by atoms with van der Waals surface area (Å²) in [6, 6.07) is 8.08. The smallest absolute Gasteiger partial charge is 0.129 e. The van der Waals surface area contributed by atoms with Crippen molar-refractivity contribution in [3.05, 3.63) is 29.8 Å². The highest BCUT2D eigenvalue weighted by Gasteiger charge is 2.06. The molecule has 0 aliphatic rings. The molecule has 0 bridgehead atoms. The molecular formula is C14H20O2. The summed E-state index contributed by atoms with van der Waals surface area (Å²) in [7, 11) is 0. The van der Waals surface area contributed by atoms with Crippen LogP contribution in [0.2, 0.25) is 0 Å². The predicted octanol–water partition coefficient (Wildman–Crippen LogP) is 3.56. The zero-order chi connectivity index (χ0) is 12.0. The molecule has 0 unspecified atom stereocenters. The van der Waals surface area contributed by atoms with Crippen LogP contribution in [0.25, 0.3) is 0 Å². The third-order valence-corrected chi connectivity index (χ3v) is 2.47. The summed E-state index contributed by atoms with van der Waals surface area (Å²) in [5.41, 5.74) is 1.23. The van der Waals surface area contributed by atoms with Gasteiger partial charge in [0.1, 0.15) is 11.5 Å². The minimum atomic E-state index is 0.223. The van der Waals surface area contributed by atoms with Crippen LogP contribution in [0.1, 0.15) is 45.1 Å². The van der Waals surface area contributed by atoms with Crippen molar-refractivity contribution in [3.63, 3.8) is 0 Å². The Kier molecular flexibility index (Phi) is 5.03. The van der Waals surface area contributed by atoms with Crippen molar-refractivity contribution in [3.8, 4) is 5.75 Å². The molecule has 1 aromatic rings. The molecule has 88 valence electrons. The van der Waals surface area contributed by atoms with Crippen molar-refractivity contribution in [1.82, 2.24) is 0 Å². The van der Waals surface area contributed by atoms with Crippen molar-refractivity contribution in [1.29, 1.82) is 0 Å². The molecule has 0 fully saturated rings. The summed E-state index contributed by atoms with van der Waals surface area (Å²) >= 11 is 0. The minimum absolute atomic E-state index is 0.223. The van der Waals surface area contributed by atoms with E-state index in [1.54, 1.807) is 6.92 Å². The van der Waals surface area contributed by atoms with Crippen LogP contribution in [-0.2, 0) is 4.79 Å². The quantitative estimate of drug-likeness (QED) is 0.685. The minimum Gasteiger partial charge on any atom is -0.493 e. The van der Waals surface area contributed by atoms with Crippen LogP contribution in [0.4, 0.5) is 0 Å². The lowest BCUT2D eigenvalue weighted by molar-refractivity contribution is -0.117. The van der Waals surface area contributed by atoms with Gasteiger partial charge in [0.2, 0.25) is 0 Å². The van der Waals surface area contributed by atoms with Gasteiger partial charge in [0.05, 0.1) is 6.61 Å². The fourth-order valence-corrected chi connectivity index (χ4v) is 1.59. The zero-order valence-electron chi connectivity index (χ0n) is 10.3.